The highest BCUT2D eigenvalue weighted by atomic mass is 32.2. The van der Waals surface area contributed by atoms with E-state index in [1.807, 2.05) is 30.3 Å². The molecule has 0 unspecified atom stereocenters. The molecule has 0 aromatic heterocycles. The maximum absolute atomic E-state index is 11.8. The molecule has 2 fully saturated rings. The second-order valence-corrected chi connectivity index (χ2v) is 7.62. The van der Waals surface area contributed by atoms with Crippen LogP contribution in [0.1, 0.15) is 18.4 Å². The van der Waals surface area contributed by atoms with E-state index in [4.69, 9.17) is 4.74 Å². The molecule has 2 saturated heterocycles. The molecule has 21 heavy (non-hydrogen) atoms. The lowest BCUT2D eigenvalue weighted by atomic mass is 10.1. The van der Waals surface area contributed by atoms with E-state index in [1.165, 1.54) is 0 Å². The lowest BCUT2D eigenvalue weighted by molar-refractivity contribution is 0.0816. The highest BCUT2D eigenvalue weighted by Crippen LogP contribution is 2.21. The predicted octanol–water partition coefficient (Wildman–Crippen LogP) is 0.969. The Kier molecular flexibility index (Phi) is 4.59. The van der Waals surface area contributed by atoms with Crippen molar-refractivity contribution in [2.24, 2.45) is 0 Å². The van der Waals surface area contributed by atoms with Crippen LogP contribution in [0.5, 0.6) is 0 Å². The number of benzene rings is 1. The number of nitrogens with zero attached hydrogens (tertiary/aromatic N) is 1. The lowest BCUT2D eigenvalue weighted by Gasteiger charge is -2.27. The summed E-state index contributed by atoms with van der Waals surface area (Å²) in [5.74, 6) is 0.201. The van der Waals surface area contributed by atoms with Gasteiger partial charge in [0.25, 0.3) is 0 Å². The molecule has 0 radical (unpaired) electrons. The largest absolute Gasteiger partial charge is 0.375 e. The van der Waals surface area contributed by atoms with Crippen LogP contribution in [0.3, 0.4) is 0 Å². The van der Waals surface area contributed by atoms with Gasteiger partial charge in [-0.05, 0) is 31.5 Å². The first kappa shape index (κ1) is 15.0. The first-order valence-corrected chi connectivity index (χ1v) is 9.15. The summed E-state index contributed by atoms with van der Waals surface area (Å²) >= 11 is 0. The van der Waals surface area contributed by atoms with E-state index < -0.39 is 10.0 Å². The van der Waals surface area contributed by atoms with E-state index >= 15 is 0 Å². The first-order valence-electron chi connectivity index (χ1n) is 7.50. The average Bonchev–Trinajstić information content (AvgIpc) is 3.07. The molecule has 5 nitrogen and oxygen atoms in total. The highest BCUT2D eigenvalue weighted by Gasteiger charge is 2.41. The molecule has 1 aromatic carbocycles. The number of hydrogen-bond acceptors (Lipinski definition) is 4. The van der Waals surface area contributed by atoms with Crippen molar-refractivity contribution < 1.29 is 13.2 Å². The van der Waals surface area contributed by atoms with Gasteiger partial charge < -0.3 is 4.74 Å². The molecule has 6 heteroatoms. The molecule has 0 saturated carbocycles. The van der Waals surface area contributed by atoms with Crippen molar-refractivity contribution in [2.75, 3.05) is 25.4 Å². The minimum absolute atomic E-state index is 0.0493. The van der Waals surface area contributed by atoms with Crippen LogP contribution in [0.25, 0.3) is 0 Å². The van der Waals surface area contributed by atoms with E-state index in [9.17, 15) is 8.42 Å². The van der Waals surface area contributed by atoms with Gasteiger partial charge in [-0.1, -0.05) is 30.3 Å². The Morgan fingerprint density at radius 3 is 2.62 bits per heavy atom. The molecule has 0 amide bonds. The summed E-state index contributed by atoms with van der Waals surface area (Å²) in [5, 5.41) is 0. The zero-order valence-electron chi connectivity index (χ0n) is 12.1. The Labute approximate surface area is 126 Å². The fraction of sp³-hybridized carbons (Fsp3) is 0.600. The molecular formula is C15H22N2O3S. The summed E-state index contributed by atoms with van der Waals surface area (Å²) in [7, 11) is -3.15. The normalized spacial score (nSPS) is 29.0. The number of likely N-dealkylation sites (tertiary alicyclic amines) is 1. The van der Waals surface area contributed by atoms with E-state index in [0.29, 0.717) is 13.2 Å². The maximum Gasteiger partial charge on any atom is 0.213 e. The minimum atomic E-state index is -3.15. The van der Waals surface area contributed by atoms with Crippen LogP contribution in [0.15, 0.2) is 30.3 Å². The topological polar surface area (TPSA) is 58.6 Å². The summed E-state index contributed by atoms with van der Waals surface area (Å²) in [4.78, 5) is 2.29. The van der Waals surface area contributed by atoms with E-state index in [2.05, 4.69) is 9.62 Å². The van der Waals surface area contributed by atoms with Crippen molar-refractivity contribution in [1.29, 1.82) is 0 Å². The molecule has 2 atom stereocenters. The van der Waals surface area contributed by atoms with Crippen molar-refractivity contribution in [3.8, 4) is 0 Å². The lowest BCUT2D eigenvalue weighted by Crippen LogP contribution is -2.46. The quantitative estimate of drug-likeness (QED) is 0.880. The molecule has 116 valence electrons. The van der Waals surface area contributed by atoms with Gasteiger partial charge in [0.2, 0.25) is 10.0 Å². The first-order chi connectivity index (χ1) is 10.1. The van der Waals surface area contributed by atoms with Crippen LogP contribution in [0.4, 0.5) is 0 Å². The molecule has 1 aromatic rings. The van der Waals surface area contributed by atoms with Crippen LogP contribution in [-0.4, -0.2) is 50.9 Å². The average molecular weight is 310 g/mol. The third kappa shape index (κ3) is 3.83. The summed E-state index contributed by atoms with van der Waals surface area (Å²) in [6.45, 7) is 2.94. The Morgan fingerprint density at radius 1 is 1.19 bits per heavy atom. The van der Waals surface area contributed by atoms with Gasteiger partial charge in [-0.3, -0.25) is 4.90 Å². The summed E-state index contributed by atoms with van der Waals surface area (Å²) in [6, 6.07) is 9.87. The monoisotopic (exact) mass is 310 g/mol. The van der Waals surface area contributed by atoms with Gasteiger partial charge in [0.15, 0.2) is 0 Å². The molecule has 0 aliphatic carbocycles. The van der Waals surface area contributed by atoms with Gasteiger partial charge in [0.1, 0.15) is 0 Å². The number of nitrogens with one attached hydrogen (secondary N) is 1. The Hall–Kier alpha value is -0.950. The van der Waals surface area contributed by atoms with E-state index in [1.54, 1.807) is 0 Å². The molecule has 1 N–H and O–H groups in total. The SMILES string of the molecule is O=S1(=O)C[C@H](N2CCCC2)[C@@H](COCc2ccccc2)N1. The number of sulfonamides is 1. The van der Waals surface area contributed by atoms with Crippen LogP contribution in [0, 0.1) is 0 Å². The second-order valence-electron chi connectivity index (χ2n) is 5.82. The van der Waals surface area contributed by atoms with Crippen molar-refractivity contribution in [3.05, 3.63) is 35.9 Å². The van der Waals surface area contributed by atoms with Gasteiger partial charge in [0.05, 0.1) is 25.0 Å². The zero-order valence-corrected chi connectivity index (χ0v) is 12.9. The highest BCUT2D eigenvalue weighted by molar-refractivity contribution is 7.89. The van der Waals surface area contributed by atoms with Gasteiger partial charge in [-0.25, -0.2) is 13.1 Å². The molecule has 3 rings (SSSR count). The Balaban J connectivity index is 1.57. The van der Waals surface area contributed by atoms with Crippen molar-refractivity contribution in [1.82, 2.24) is 9.62 Å². The number of hydrogen-bond donors (Lipinski definition) is 1. The summed E-state index contributed by atoms with van der Waals surface area (Å²) in [6.07, 6.45) is 2.32. The van der Waals surface area contributed by atoms with Gasteiger partial charge in [-0.2, -0.15) is 0 Å². The van der Waals surface area contributed by atoms with Crippen LogP contribution < -0.4 is 4.72 Å². The number of ether oxygens (including phenoxy) is 1. The molecular weight excluding hydrogens is 288 g/mol. The van der Waals surface area contributed by atoms with Crippen LogP contribution >= 0.6 is 0 Å². The summed E-state index contributed by atoms with van der Waals surface area (Å²) in [5.41, 5.74) is 1.11. The molecule has 2 aliphatic rings. The predicted molar refractivity (Wildman–Crippen MR) is 81.4 cm³/mol. The van der Waals surface area contributed by atoms with Crippen molar-refractivity contribution in [3.63, 3.8) is 0 Å². The molecule has 2 heterocycles. The maximum atomic E-state index is 11.8. The number of rotatable bonds is 5. The van der Waals surface area contributed by atoms with Gasteiger partial charge in [0, 0.05) is 6.04 Å². The van der Waals surface area contributed by atoms with Gasteiger partial charge >= 0.3 is 0 Å². The standard InChI is InChI=1S/C15H22N2O3S/c18-21(19)12-15(17-8-4-5-9-17)14(16-21)11-20-10-13-6-2-1-3-7-13/h1-3,6-7,14-16H,4-5,8-12H2/t14-,15+/m1/s1. The third-order valence-electron chi connectivity index (χ3n) is 4.20. The van der Waals surface area contributed by atoms with Crippen molar-refractivity contribution >= 4 is 10.0 Å². The third-order valence-corrected chi connectivity index (χ3v) is 5.65. The van der Waals surface area contributed by atoms with Crippen LogP contribution in [0.2, 0.25) is 0 Å². The Bertz CT molecular complexity index is 556. The molecule has 2 aliphatic heterocycles. The smallest absolute Gasteiger partial charge is 0.213 e. The Morgan fingerprint density at radius 2 is 1.90 bits per heavy atom. The summed E-state index contributed by atoms with van der Waals surface area (Å²) < 4.78 is 32.2. The van der Waals surface area contributed by atoms with E-state index in [-0.39, 0.29) is 17.8 Å². The molecule has 0 spiro atoms. The fourth-order valence-corrected chi connectivity index (χ4v) is 4.83. The van der Waals surface area contributed by atoms with Crippen LogP contribution in [-0.2, 0) is 21.4 Å². The van der Waals surface area contributed by atoms with Gasteiger partial charge in [-0.15, -0.1) is 0 Å². The second kappa shape index (κ2) is 6.44. The van der Waals surface area contributed by atoms with Crippen molar-refractivity contribution in [2.45, 2.75) is 31.5 Å². The minimum Gasteiger partial charge on any atom is -0.375 e. The fourth-order valence-electron chi connectivity index (χ4n) is 3.15. The molecule has 0 bridgehead atoms. The van der Waals surface area contributed by atoms with E-state index in [0.717, 1.165) is 31.5 Å². The zero-order chi connectivity index (χ0) is 14.7.